The Bertz CT molecular complexity index is 297. The molecule has 3 heteroatoms. The van der Waals surface area contributed by atoms with Gasteiger partial charge >= 0.3 is 0 Å². The van der Waals surface area contributed by atoms with Crippen molar-refractivity contribution in [2.45, 2.75) is 25.7 Å². The van der Waals surface area contributed by atoms with Gasteiger partial charge in [0.25, 0.3) is 0 Å². The predicted molar refractivity (Wildman–Crippen MR) is 63.3 cm³/mol. The fourth-order valence-corrected chi connectivity index (χ4v) is 3.54. The summed E-state index contributed by atoms with van der Waals surface area (Å²) >= 11 is 7.72. The van der Waals surface area contributed by atoms with Crippen LogP contribution in [0.1, 0.15) is 30.6 Å². The monoisotopic (exact) mass is 229 g/mol. The molecule has 1 aromatic rings. The summed E-state index contributed by atoms with van der Waals surface area (Å²) < 4.78 is 0.924. The first-order valence-electron chi connectivity index (χ1n) is 5.27. The molecule has 0 radical (unpaired) electrons. The van der Waals surface area contributed by atoms with Crippen molar-refractivity contribution in [2.75, 3.05) is 13.1 Å². The van der Waals surface area contributed by atoms with Gasteiger partial charge in [0, 0.05) is 4.88 Å². The summed E-state index contributed by atoms with van der Waals surface area (Å²) in [6.07, 6.45) is 2.52. The van der Waals surface area contributed by atoms with E-state index in [1.54, 1.807) is 11.3 Å². The lowest BCUT2D eigenvalue weighted by Crippen LogP contribution is -2.34. The molecule has 0 aliphatic carbocycles. The van der Waals surface area contributed by atoms with Crippen molar-refractivity contribution >= 4 is 22.9 Å². The zero-order chi connectivity index (χ0) is 9.97. The fourth-order valence-electron chi connectivity index (χ4n) is 2.25. The average Bonchev–Trinajstić information content (AvgIpc) is 2.65. The third-order valence-corrected chi connectivity index (χ3v) is 4.45. The molecule has 0 spiro atoms. The highest BCUT2D eigenvalue weighted by Crippen LogP contribution is 2.37. The van der Waals surface area contributed by atoms with Crippen LogP contribution in [0.2, 0.25) is 4.34 Å². The highest BCUT2D eigenvalue weighted by atomic mass is 35.5. The van der Waals surface area contributed by atoms with Crippen molar-refractivity contribution < 1.29 is 0 Å². The summed E-state index contributed by atoms with van der Waals surface area (Å²) in [5.41, 5.74) is 0. The molecule has 1 aliphatic heterocycles. The van der Waals surface area contributed by atoms with Crippen molar-refractivity contribution in [2.24, 2.45) is 5.92 Å². The maximum atomic E-state index is 5.97. The van der Waals surface area contributed by atoms with Crippen LogP contribution in [0.3, 0.4) is 0 Å². The minimum absolute atomic E-state index is 0.735. The van der Waals surface area contributed by atoms with Crippen molar-refractivity contribution in [1.29, 1.82) is 0 Å². The van der Waals surface area contributed by atoms with Crippen LogP contribution in [-0.2, 0) is 0 Å². The Kier molecular flexibility index (Phi) is 3.47. The van der Waals surface area contributed by atoms with E-state index < -0.39 is 0 Å². The van der Waals surface area contributed by atoms with E-state index in [-0.39, 0.29) is 0 Å². The molecule has 0 saturated carbocycles. The zero-order valence-electron chi connectivity index (χ0n) is 8.42. The SMILES string of the molecule is CCC1CNCCC1c1ccc(Cl)s1. The van der Waals surface area contributed by atoms with Gasteiger partial charge in [-0.25, -0.2) is 0 Å². The van der Waals surface area contributed by atoms with E-state index in [1.807, 2.05) is 6.07 Å². The van der Waals surface area contributed by atoms with Crippen LogP contribution in [0.15, 0.2) is 12.1 Å². The maximum Gasteiger partial charge on any atom is 0.0931 e. The van der Waals surface area contributed by atoms with Crippen LogP contribution in [-0.4, -0.2) is 13.1 Å². The second-order valence-electron chi connectivity index (χ2n) is 3.91. The van der Waals surface area contributed by atoms with Gasteiger partial charge in [-0.2, -0.15) is 0 Å². The Morgan fingerprint density at radius 1 is 1.57 bits per heavy atom. The standard InChI is InChI=1S/C11H16ClNS/c1-2-8-7-13-6-5-9(8)10-3-4-11(12)14-10/h3-4,8-9,13H,2,5-7H2,1H3. The molecule has 2 rings (SSSR count). The third-order valence-electron chi connectivity index (χ3n) is 3.09. The molecule has 2 atom stereocenters. The smallest absolute Gasteiger partial charge is 0.0931 e. The fraction of sp³-hybridized carbons (Fsp3) is 0.636. The molecule has 2 heterocycles. The number of piperidine rings is 1. The molecule has 1 saturated heterocycles. The first kappa shape index (κ1) is 10.5. The van der Waals surface area contributed by atoms with Gasteiger partial charge in [0.05, 0.1) is 4.34 Å². The summed E-state index contributed by atoms with van der Waals surface area (Å²) in [7, 11) is 0. The van der Waals surface area contributed by atoms with E-state index in [9.17, 15) is 0 Å². The normalized spacial score (nSPS) is 27.9. The first-order valence-corrected chi connectivity index (χ1v) is 6.46. The summed E-state index contributed by atoms with van der Waals surface area (Å²) in [5.74, 6) is 1.53. The topological polar surface area (TPSA) is 12.0 Å². The molecular weight excluding hydrogens is 214 g/mol. The number of rotatable bonds is 2. The molecule has 0 aromatic carbocycles. The van der Waals surface area contributed by atoms with Gasteiger partial charge < -0.3 is 5.32 Å². The average molecular weight is 230 g/mol. The van der Waals surface area contributed by atoms with Gasteiger partial charge in [-0.15, -0.1) is 11.3 Å². The molecule has 0 bridgehead atoms. The van der Waals surface area contributed by atoms with Crippen LogP contribution in [0.5, 0.6) is 0 Å². The van der Waals surface area contributed by atoms with Gasteiger partial charge in [-0.1, -0.05) is 24.9 Å². The van der Waals surface area contributed by atoms with Crippen LogP contribution in [0.4, 0.5) is 0 Å². The molecule has 1 aliphatic rings. The van der Waals surface area contributed by atoms with Crippen LogP contribution >= 0.6 is 22.9 Å². The zero-order valence-corrected chi connectivity index (χ0v) is 10.00. The Morgan fingerprint density at radius 2 is 2.43 bits per heavy atom. The van der Waals surface area contributed by atoms with Crippen molar-refractivity contribution in [3.05, 3.63) is 21.3 Å². The third kappa shape index (κ3) is 2.13. The number of thiophene rings is 1. The molecule has 78 valence electrons. The van der Waals surface area contributed by atoms with E-state index in [2.05, 4.69) is 18.3 Å². The summed E-state index contributed by atoms with van der Waals surface area (Å²) in [4.78, 5) is 1.48. The minimum atomic E-state index is 0.735. The highest BCUT2D eigenvalue weighted by molar-refractivity contribution is 7.16. The number of hydrogen-bond acceptors (Lipinski definition) is 2. The van der Waals surface area contributed by atoms with Crippen molar-refractivity contribution in [1.82, 2.24) is 5.32 Å². The van der Waals surface area contributed by atoms with Crippen LogP contribution in [0, 0.1) is 5.92 Å². The van der Waals surface area contributed by atoms with Crippen molar-refractivity contribution in [3.8, 4) is 0 Å². The second kappa shape index (κ2) is 4.65. The quantitative estimate of drug-likeness (QED) is 0.819. The number of hydrogen-bond donors (Lipinski definition) is 1. The van der Waals surface area contributed by atoms with Gasteiger partial charge in [-0.3, -0.25) is 0 Å². The summed E-state index contributed by atoms with van der Waals surface area (Å²) in [6, 6.07) is 4.22. The number of nitrogens with one attached hydrogen (secondary N) is 1. The van der Waals surface area contributed by atoms with Gasteiger partial charge in [0.1, 0.15) is 0 Å². The molecule has 1 nitrogen and oxygen atoms in total. The summed E-state index contributed by atoms with van der Waals surface area (Å²) in [5, 5.41) is 3.46. The molecular formula is C11H16ClNS. The highest BCUT2D eigenvalue weighted by Gasteiger charge is 2.25. The Hall–Kier alpha value is -0.0500. The van der Waals surface area contributed by atoms with Crippen molar-refractivity contribution in [3.63, 3.8) is 0 Å². The Balaban J connectivity index is 2.14. The van der Waals surface area contributed by atoms with E-state index in [0.29, 0.717) is 0 Å². The van der Waals surface area contributed by atoms with E-state index in [1.165, 1.54) is 17.7 Å². The van der Waals surface area contributed by atoms with Crippen LogP contribution < -0.4 is 5.32 Å². The largest absolute Gasteiger partial charge is 0.316 e. The lowest BCUT2D eigenvalue weighted by Gasteiger charge is -2.30. The Morgan fingerprint density at radius 3 is 3.07 bits per heavy atom. The lowest BCUT2D eigenvalue weighted by molar-refractivity contribution is 0.321. The minimum Gasteiger partial charge on any atom is -0.316 e. The van der Waals surface area contributed by atoms with Gasteiger partial charge in [-0.05, 0) is 43.5 Å². The summed E-state index contributed by atoms with van der Waals surface area (Å²) in [6.45, 7) is 4.59. The predicted octanol–water partition coefficient (Wildman–Crippen LogP) is 3.50. The molecule has 2 unspecified atom stereocenters. The molecule has 1 N–H and O–H groups in total. The second-order valence-corrected chi connectivity index (χ2v) is 5.66. The van der Waals surface area contributed by atoms with Gasteiger partial charge in [0.15, 0.2) is 0 Å². The first-order chi connectivity index (χ1) is 6.81. The molecule has 14 heavy (non-hydrogen) atoms. The maximum absolute atomic E-state index is 5.97. The Labute approximate surface area is 94.5 Å². The molecule has 0 amide bonds. The number of halogens is 1. The lowest BCUT2D eigenvalue weighted by atomic mass is 9.84. The van der Waals surface area contributed by atoms with E-state index >= 15 is 0 Å². The molecule has 1 aromatic heterocycles. The van der Waals surface area contributed by atoms with Gasteiger partial charge in [0.2, 0.25) is 0 Å². The van der Waals surface area contributed by atoms with E-state index in [0.717, 1.165) is 29.3 Å². The molecule has 1 fully saturated rings. The van der Waals surface area contributed by atoms with E-state index in [4.69, 9.17) is 11.6 Å². The van der Waals surface area contributed by atoms with Crippen LogP contribution in [0.25, 0.3) is 0 Å².